The summed E-state index contributed by atoms with van der Waals surface area (Å²) in [6.07, 6.45) is 3.73. The number of piperidine rings is 1. The standard InChI is InChI=1S/C15H28N2O4/c1-19-12-15(4-7-16-8-5-15)14(18)17-6-2-9-21-13-3-10-20-11-13/h13,16H,2-12H2,1H3,(H,17,18). The average Bonchev–Trinajstić information content (AvgIpc) is 3.01. The lowest BCUT2D eigenvalue weighted by Gasteiger charge is -2.35. The molecule has 21 heavy (non-hydrogen) atoms. The summed E-state index contributed by atoms with van der Waals surface area (Å²) in [5, 5.41) is 6.34. The van der Waals surface area contributed by atoms with Gasteiger partial charge in [0.15, 0.2) is 0 Å². The SMILES string of the molecule is COCC1(C(=O)NCCCOC2CCOC2)CCNCC1. The Kier molecular flexibility index (Phi) is 6.89. The topological polar surface area (TPSA) is 68.8 Å². The molecule has 1 atom stereocenters. The lowest BCUT2D eigenvalue weighted by atomic mass is 9.78. The minimum absolute atomic E-state index is 0.120. The van der Waals surface area contributed by atoms with Gasteiger partial charge in [0.1, 0.15) is 0 Å². The maximum absolute atomic E-state index is 12.4. The number of rotatable bonds is 8. The van der Waals surface area contributed by atoms with Crippen molar-refractivity contribution < 1.29 is 19.0 Å². The van der Waals surface area contributed by atoms with Crippen LogP contribution in [0.25, 0.3) is 0 Å². The van der Waals surface area contributed by atoms with Gasteiger partial charge in [-0.25, -0.2) is 0 Å². The van der Waals surface area contributed by atoms with E-state index in [4.69, 9.17) is 14.2 Å². The second kappa shape index (κ2) is 8.68. The van der Waals surface area contributed by atoms with Crippen molar-refractivity contribution in [3.05, 3.63) is 0 Å². The van der Waals surface area contributed by atoms with Gasteiger partial charge in [-0.2, -0.15) is 0 Å². The van der Waals surface area contributed by atoms with Gasteiger partial charge in [0.05, 0.1) is 24.7 Å². The number of ether oxygens (including phenoxy) is 3. The minimum atomic E-state index is -0.361. The summed E-state index contributed by atoms with van der Waals surface area (Å²) in [4.78, 5) is 12.4. The van der Waals surface area contributed by atoms with Crippen molar-refractivity contribution in [1.82, 2.24) is 10.6 Å². The van der Waals surface area contributed by atoms with Crippen molar-refractivity contribution in [2.75, 3.05) is 53.2 Å². The fraction of sp³-hybridized carbons (Fsp3) is 0.933. The van der Waals surface area contributed by atoms with E-state index in [1.54, 1.807) is 7.11 Å². The van der Waals surface area contributed by atoms with Gasteiger partial charge in [0.2, 0.25) is 5.91 Å². The number of amides is 1. The number of carbonyl (C=O) groups excluding carboxylic acids is 1. The van der Waals surface area contributed by atoms with Crippen LogP contribution in [-0.2, 0) is 19.0 Å². The second-order valence-corrected chi connectivity index (χ2v) is 5.93. The van der Waals surface area contributed by atoms with Crippen molar-refractivity contribution in [3.63, 3.8) is 0 Å². The Bertz CT molecular complexity index is 307. The molecule has 2 fully saturated rings. The van der Waals surface area contributed by atoms with E-state index in [-0.39, 0.29) is 17.4 Å². The maximum Gasteiger partial charge on any atom is 0.228 e. The molecular weight excluding hydrogens is 272 g/mol. The van der Waals surface area contributed by atoms with Crippen LogP contribution in [0.3, 0.4) is 0 Å². The molecule has 2 rings (SSSR count). The Morgan fingerprint density at radius 3 is 2.90 bits per heavy atom. The minimum Gasteiger partial charge on any atom is -0.384 e. The molecule has 2 aliphatic heterocycles. The number of methoxy groups -OCH3 is 1. The highest BCUT2D eigenvalue weighted by Crippen LogP contribution is 2.29. The monoisotopic (exact) mass is 300 g/mol. The highest BCUT2D eigenvalue weighted by atomic mass is 16.5. The predicted octanol–water partition coefficient (Wildman–Crippen LogP) is 0.314. The number of nitrogens with one attached hydrogen (secondary N) is 2. The summed E-state index contributed by atoms with van der Waals surface area (Å²) in [5.41, 5.74) is -0.361. The van der Waals surface area contributed by atoms with Crippen LogP contribution >= 0.6 is 0 Å². The Labute approximate surface area is 126 Å². The molecule has 122 valence electrons. The van der Waals surface area contributed by atoms with Gasteiger partial charge < -0.3 is 24.8 Å². The van der Waals surface area contributed by atoms with E-state index in [0.29, 0.717) is 26.4 Å². The third-order valence-electron chi connectivity index (χ3n) is 4.31. The lowest BCUT2D eigenvalue weighted by molar-refractivity contribution is -0.136. The maximum atomic E-state index is 12.4. The molecule has 2 N–H and O–H groups in total. The third kappa shape index (κ3) is 4.92. The first-order chi connectivity index (χ1) is 10.3. The first kappa shape index (κ1) is 16.7. The molecule has 0 radical (unpaired) electrons. The number of carbonyl (C=O) groups is 1. The van der Waals surface area contributed by atoms with Crippen LogP contribution in [-0.4, -0.2) is 65.2 Å². The molecular formula is C15H28N2O4. The van der Waals surface area contributed by atoms with Crippen LogP contribution < -0.4 is 10.6 Å². The normalized spacial score (nSPS) is 24.9. The summed E-state index contributed by atoms with van der Waals surface area (Å²) in [6, 6.07) is 0. The van der Waals surface area contributed by atoms with E-state index < -0.39 is 0 Å². The van der Waals surface area contributed by atoms with Gasteiger partial charge in [0.25, 0.3) is 0 Å². The molecule has 2 heterocycles. The van der Waals surface area contributed by atoms with E-state index in [1.165, 1.54) is 0 Å². The van der Waals surface area contributed by atoms with Crippen LogP contribution in [0.2, 0.25) is 0 Å². The molecule has 0 aromatic heterocycles. The van der Waals surface area contributed by atoms with Gasteiger partial charge >= 0.3 is 0 Å². The van der Waals surface area contributed by atoms with Gasteiger partial charge in [-0.05, 0) is 38.8 Å². The van der Waals surface area contributed by atoms with E-state index in [2.05, 4.69) is 10.6 Å². The Morgan fingerprint density at radius 2 is 2.24 bits per heavy atom. The summed E-state index contributed by atoms with van der Waals surface area (Å²) in [5.74, 6) is 0.120. The summed E-state index contributed by atoms with van der Waals surface area (Å²) in [6.45, 7) is 5.09. The summed E-state index contributed by atoms with van der Waals surface area (Å²) in [7, 11) is 1.66. The van der Waals surface area contributed by atoms with E-state index in [0.717, 1.165) is 45.4 Å². The van der Waals surface area contributed by atoms with Crippen LogP contribution in [0.1, 0.15) is 25.7 Å². The van der Waals surface area contributed by atoms with Crippen LogP contribution in [0.4, 0.5) is 0 Å². The average molecular weight is 300 g/mol. The fourth-order valence-corrected chi connectivity index (χ4v) is 2.97. The smallest absolute Gasteiger partial charge is 0.228 e. The van der Waals surface area contributed by atoms with Crippen molar-refractivity contribution in [2.45, 2.75) is 31.8 Å². The Balaban J connectivity index is 1.64. The zero-order chi connectivity index (χ0) is 15.0. The van der Waals surface area contributed by atoms with Crippen LogP contribution in [0, 0.1) is 5.41 Å². The molecule has 1 amide bonds. The second-order valence-electron chi connectivity index (χ2n) is 5.93. The predicted molar refractivity (Wildman–Crippen MR) is 79.2 cm³/mol. The largest absolute Gasteiger partial charge is 0.384 e. The molecule has 1 unspecified atom stereocenters. The van der Waals surface area contributed by atoms with E-state index >= 15 is 0 Å². The van der Waals surface area contributed by atoms with Gasteiger partial charge in [-0.3, -0.25) is 4.79 Å². The lowest BCUT2D eigenvalue weighted by Crippen LogP contribution is -2.50. The molecule has 0 spiro atoms. The van der Waals surface area contributed by atoms with Crippen molar-refractivity contribution in [1.29, 1.82) is 0 Å². The zero-order valence-corrected chi connectivity index (χ0v) is 13.0. The van der Waals surface area contributed by atoms with Crippen molar-refractivity contribution in [3.8, 4) is 0 Å². The Morgan fingerprint density at radius 1 is 1.43 bits per heavy atom. The summed E-state index contributed by atoms with van der Waals surface area (Å²) < 4.78 is 16.2. The van der Waals surface area contributed by atoms with Gasteiger partial charge in [0, 0.05) is 26.9 Å². The highest BCUT2D eigenvalue weighted by molar-refractivity contribution is 5.82. The molecule has 6 nitrogen and oxygen atoms in total. The zero-order valence-electron chi connectivity index (χ0n) is 13.0. The molecule has 2 aliphatic rings. The van der Waals surface area contributed by atoms with Gasteiger partial charge in [-0.1, -0.05) is 0 Å². The Hall–Kier alpha value is -0.690. The quantitative estimate of drug-likeness (QED) is 0.632. The van der Waals surface area contributed by atoms with Gasteiger partial charge in [-0.15, -0.1) is 0 Å². The summed E-state index contributed by atoms with van der Waals surface area (Å²) >= 11 is 0. The van der Waals surface area contributed by atoms with Crippen molar-refractivity contribution in [2.24, 2.45) is 5.41 Å². The molecule has 0 bridgehead atoms. The van der Waals surface area contributed by atoms with Crippen LogP contribution in [0.15, 0.2) is 0 Å². The molecule has 6 heteroatoms. The molecule has 0 saturated carbocycles. The number of hydrogen-bond acceptors (Lipinski definition) is 5. The first-order valence-corrected chi connectivity index (χ1v) is 7.94. The molecule has 0 aliphatic carbocycles. The van der Waals surface area contributed by atoms with Crippen LogP contribution in [0.5, 0.6) is 0 Å². The first-order valence-electron chi connectivity index (χ1n) is 7.94. The highest BCUT2D eigenvalue weighted by Gasteiger charge is 2.39. The molecule has 0 aromatic rings. The number of hydrogen-bond donors (Lipinski definition) is 2. The molecule has 2 saturated heterocycles. The molecule has 0 aromatic carbocycles. The van der Waals surface area contributed by atoms with Crippen molar-refractivity contribution >= 4 is 5.91 Å². The third-order valence-corrected chi connectivity index (χ3v) is 4.31. The fourth-order valence-electron chi connectivity index (χ4n) is 2.97. The van der Waals surface area contributed by atoms with E-state index in [9.17, 15) is 4.79 Å². The van der Waals surface area contributed by atoms with E-state index in [1.807, 2.05) is 0 Å².